The molecule has 0 bridgehead atoms. The maximum Gasteiger partial charge on any atom is 0.210 e. The predicted molar refractivity (Wildman–Crippen MR) is 73.9 cm³/mol. The summed E-state index contributed by atoms with van der Waals surface area (Å²) in [5.74, 6) is -0.0460. The number of aromatic nitrogens is 2. The standard InChI is InChI=1S/C16H12N2O/c19-16(13-9-5-2-6-10-13)15-11-14(17-18-15)12-7-3-1-4-8-12/h1-11H,(H,17,18). The van der Waals surface area contributed by atoms with E-state index in [4.69, 9.17) is 0 Å². The van der Waals surface area contributed by atoms with Gasteiger partial charge in [-0.15, -0.1) is 0 Å². The van der Waals surface area contributed by atoms with Gasteiger partial charge in [0.2, 0.25) is 5.78 Å². The lowest BCUT2D eigenvalue weighted by Gasteiger charge is -1.96. The molecule has 0 fully saturated rings. The zero-order valence-electron chi connectivity index (χ0n) is 10.2. The zero-order valence-corrected chi connectivity index (χ0v) is 10.2. The van der Waals surface area contributed by atoms with Crippen LogP contribution in [0.15, 0.2) is 66.7 Å². The number of rotatable bonds is 3. The van der Waals surface area contributed by atoms with Crippen LogP contribution in [-0.2, 0) is 0 Å². The second-order valence-corrected chi connectivity index (χ2v) is 4.23. The Morgan fingerprint density at radius 2 is 1.53 bits per heavy atom. The normalized spacial score (nSPS) is 10.3. The summed E-state index contributed by atoms with van der Waals surface area (Å²) in [6.07, 6.45) is 0. The van der Waals surface area contributed by atoms with Gasteiger partial charge in [0, 0.05) is 11.1 Å². The van der Waals surface area contributed by atoms with Crippen LogP contribution in [0.25, 0.3) is 11.3 Å². The van der Waals surface area contributed by atoms with Crippen molar-refractivity contribution in [3.8, 4) is 11.3 Å². The first kappa shape index (κ1) is 11.4. The molecule has 1 aromatic heterocycles. The Bertz CT molecular complexity index is 687. The lowest BCUT2D eigenvalue weighted by Crippen LogP contribution is -2.00. The summed E-state index contributed by atoms with van der Waals surface area (Å²) in [7, 11) is 0. The van der Waals surface area contributed by atoms with Gasteiger partial charge in [-0.1, -0.05) is 60.7 Å². The number of nitrogens with zero attached hydrogens (tertiary/aromatic N) is 1. The van der Waals surface area contributed by atoms with Crippen molar-refractivity contribution in [3.63, 3.8) is 0 Å². The van der Waals surface area contributed by atoms with Crippen molar-refractivity contribution in [2.45, 2.75) is 0 Å². The molecule has 3 heteroatoms. The highest BCUT2D eigenvalue weighted by Gasteiger charge is 2.12. The van der Waals surface area contributed by atoms with E-state index in [9.17, 15) is 4.79 Å². The number of carbonyl (C=O) groups is 1. The molecule has 1 N–H and O–H groups in total. The van der Waals surface area contributed by atoms with E-state index in [1.165, 1.54) is 0 Å². The van der Waals surface area contributed by atoms with Gasteiger partial charge in [0.05, 0.1) is 5.69 Å². The van der Waals surface area contributed by atoms with Crippen molar-refractivity contribution in [3.05, 3.63) is 78.0 Å². The fraction of sp³-hybridized carbons (Fsp3) is 0. The fourth-order valence-electron chi connectivity index (χ4n) is 1.94. The lowest BCUT2D eigenvalue weighted by molar-refractivity contribution is 0.103. The molecule has 1 heterocycles. The van der Waals surface area contributed by atoms with Crippen molar-refractivity contribution in [2.75, 3.05) is 0 Å². The van der Waals surface area contributed by atoms with Crippen molar-refractivity contribution in [1.82, 2.24) is 10.2 Å². The number of benzene rings is 2. The molecule has 0 amide bonds. The summed E-state index contributed by atoms with van der Waals surface area (Å²) in [6, 6.07) is 20.7. The molecule has 0 aliphatic carbocycles. The first-order chi connectivity index (χ1) is 9.34. The summed E-state index contributed by atoms with van der Waals surface area (Å²) in [4.78, 5) is 12.2. The van der Waals surface area contributed by atoms with Crippen molar-refractivity contribution in [2.24, 2.45) is 0 Å². The van der Waals surface area contributed by atoms with Crippen molar-refractivity contribution < 1.29 is 4.79 Å². The number of aromatic amines is 1. The molecule has 92 valence electrons. The molecule has 0 saturated heterocycles. The van der Waals surface area contributed by atoms with Gasteiger partial charge in [0.25, 0.3) is 0 Å². The molecule has 0 atom stereocenters. The predicted octanol–water partition coefficient (Wildman–Crippen LogP) is 3.31. The number of nitrogens with one attached hydrogen (secondary N) is 1. The average Bonchev–Trinajstić information content (AvgIpc) is 2.98. The minimum atomic E-state index is -0.0460. The first-order valence-electron chi connectivity index (χ1n) is 6.05. The van der Waals surface area contributed by atoms with Crippen LogP contribution in [0.2, 0.25) is 0 Å². The van der Waals surface area contributed by atoms with Gasteiger partial charge in [0.1, 0.15) is 5.69 Å². The topological polar surface area (TPSA) is 45.8 Å². The van der Waals surface area contributed by atoms with Gasteiger partial charge in [-0.2, -0.15) is 5.10 Å². The Balaban J connectivity index is 1.92. The fourth-order valence-corrected chi connectivity index (χ4v) is 1.94. The molecular formula is C16H12N2O. The van der Waals surface area contributed by atoms with E-state index >= 15 is 0 Å². The summed E-state index contributed by atoms with van der Waals surface area (Å²) in [6.45, 7) is 0. The maximum absolute atomic E-state index is 12.2. The highest BCUT2D eigenvalue weighted by molar-refractivity contribution is 6.08. The minimum absolute atomic E-state index is 0.0460. The molecule has 0 saturated carbocycles. The third-order valence-electron chi connectivity index (χ3n) is 2.93. The van der Waals surface area contributed by atoms with E-state index in [0.29, 0.717) is 11.3 Å². The Kier molecular flexibility index (Phi) is 2.94. The SMILES string of the molecule is O=C(c1ccccc1)c1cc(-c2ccccc2)n[nH]1. The molecule has 0 radical (unpaired) electrons. The van der Waals surface area contributed by atoms with Crippen LogP contribution in [-0.4, -0.2) is 16.0 Å². The summed E-state index contributed by atoms with van der Waals surface area (Å²) < 4.78 is 0. The summed E-state index contributed by atoms with van der Waals surface area (Å²) >= 11 is 0. The molecule has 0 spiro atoms. The third-order valence-corrected chi connectivity index (χ3v) is 2.93. The molecule has 0 aliphatic rings. The summed E-state index contributed by atoms with van der Waals surface area (Å²) in [5.41, 5.74) is 2.93. The second-order valence-electron chi connectivity index (χ2n) is 4.23. The number of hydrogen-bond donors (Lipinski definition) is 1. The zero-order chi connectivity index (χ0) is 13.1. The monoisotopic (exact) mass is 248 g/mol. The number of ketones is 1. The van der Waals surface area contributed by atoms with Crippen LogP contribution < -0.4 is 0 Å². The van der Waals surface area contributed by atoms with Gasteiger partial charge < -0.3 is 0 Å². The highest BCUT2D eigenvalue weighted by Crippen LogP contribution is 2.18. The first-order valence-corrected chi connectivity index (χ1v) is 6.05. The molecule has 2 aromatic carbocycles. The Morgan fingerprint density at radius 1 is 0.895 bits per heavy atom. The van der Waals surface area contributed by atoms with Crippen LogP contribution in [0.4, 0.5) is 0 Å². The van der Waals surface area contributed by atoms with Crippen LogP contribution >= 0.6 is 0 Å². The molecule has 0 aliphatic heterocycles. The van der Waals surface area contributed by atoms with Crippen LogP contribution in [0, 0.1) is 0 Å². The van der Waals surface area contributed by atoms with E-state index in [0.717, 1.165) is 11.3 Å². The van der Waals surface area contributed by atoms with E-state index < -0.39 is 0 Å². The van der Waals surface area contributed by atoms with E-state index in [1.54, 1.807) is 18.2 Å². The van der Waals surface area contributed by atoms with Crippen molar-refractivity contribution >= 4 is 5.78 Å². The van der Waals surface area contributed by atoms with Crippen molar-refractivity contribution in [1.29, 1.82) is 0 Å². The Morgan fingerprint density at radius 3 is 2.21 bits per heavy atom. The number of H-pyrrole nitrogens is 1. The van der Waals surface area contributed by atoms with Gasteiger partial charge >= 0.3 is 0 Å². The molecule has 3 nitrogen and oxygen atoms in total. The number of carbonyl (C=O) groups excluding carboxylic acids is 1. The third kappa shape index (κ3) is 2.31. The van der Waals surface area contributed by atoms with Crippen LogP contribution in [0.3, 0.4) is 0 Å². The molecule has 3 aromatic rings. The highest BCUT2D eigenvalue weighted by atomic mass is 16.1. The Labute approximate surface area is 110 Å². The van der Waals surface area contributed by atoms with Crippen LogP contribution in [0.5, 0.6) is 0 Å². The molecule has 19 heavy (non-hydrogen) atoms. The van der Waals surface area contributed by atoms with Crippen LogP contribution in [0.1, 0.15) is 16.1 Å². The summed E-state index contributed by atoms with van der Waals surface area (Å²) in [5, 5.41) is 6.99. The lowest BCUT2D eigenvalue weighted by atomic mass is 10.1. The van der Waals surface area contributed by atoms with Gasteiger partial charge in [-0.25, -0.2) is 0 Å². The minimum Gasteiger partial charge on any atom is -0.287 e. The molecular weight excluding hydrogens is 236 g/mol. The Hall–Kier alpha value is -2.68. The largest absolute Gasteiger partial charge is 0.287 e. The second kappa shape index (κ2) is 4.90. The van der Waals surface area contributed by atoms with Gasteiger partial charge in [0.15, 0.2) is 0 Å². The van der Waals surface area contributed by atoms with E-state index in [1.807, 2.05) is 48.5 Å². The quantitative estimate of drug-likeness (QED) is 0.723. The maximum atomic E-state index is 12.2. The van der Waals surface area contributed by atoms with E-state index in [-0.39, 0.29) is 5.78 Å². The smallest absolute Gasteiger partial charge is 0.210 e. The van der Waals surface area contributed by atoms with E-state index in [2.05, 4.69) is 10.2 Å². The molecule has 0 unspecified atom stereocenters. The van der Waals surface area contributed by atoms with Gasteiger partial charge in [-0.05, 0) is 6.07 Å². The number of hydrogen-bond acceptors (Lipinski definition) is 2. The average molecular weight is 248 g/mol. The van der Waals surface area contributed by atoms with Gasteiger partial charge in [-0.3, -0.25) is 9.89 Å². The molecule has 3 rings (SSSR count).